The van der Waals surface area contributed by atoms with Crippen LogP contribution >= 0.6 is 0 Å². The van der Waals surface area contributed by atoms with Crippen LogP contribution in [0.15, 0.2) is 60.7 Å². The highest BCUT2D eigenvalue weighted by atomic mass is 16.5. The normalized spacial score (nSPS) is 13.3. The van der Waals surface area contributed by atoms with Crippen LogP contribution in [-0.4, -0.2) is 31.8 Å². The molecular weight excluding hydrogens is 342 g/mol. The lowest BCUT2D eigenvalue weighted by atomic mass is 9.96. The van der Waals surface area contributed by atoms with Crippen molar-refractivity contribution < 1.29 is 19.4 Å². The third kappa shape index (κ3) is 5.94. The van der Waals surface area contributed by atoms with Crippen molar-refractivity contribution in [1.82, 2.24) is 0 Å². The maximum Gasteiger partial charge on any atom is 0.255 e. The molecule has 5 heteroatoms. The Hall–Kier alpha value is -2.63. The number of carbonyl (C=O) groups is 1. The second-order valence-corrected chi connectivity index (χ2v) is 6.26. The molecule has 27 heavy (non-hydrogen) atoms. The van der Waals surface area contributed by atoms with E-state index in [1.54, 1.807) is 38.5 Å². The van der Waals surface area contributed by atoms with Crippen molar-refractivity contribution in [2.75, 3.05) is 26.1 Å². The van der Waals surface area contributed by atoms with Gasteiger partial charge in [0.2, 0.25) is 0 Å². The van der Waals surface area contributed by atoms with Gasteiger partial charge in [0, 0.05) is 30.9 Å². The lowest BCUT2D eigenvalue weighted by Gasteiger charge is -2.21. The molecule has 1 amide bonds. The molecule has 2 atom stereocenters. The van der Waals surface area contributed by atoms with E-state index in [0.29, 0.717) is 17.7 Å². The average molecular weight is 369 g/mol. The van der Waals surface area contributed by atoms with Gasteiger partial charge in [-0.05, 0) is 48.4 Å². The zero-order valence-corrected chi connectivity index (χ0v) is 16.0. The molecule has 0 aliphatic heterocycles. The Morgan fingerprint density at radius 2 is 1.78 bits per heavy atom. The molecule has 2 aromatic carbocycles. The van der Waals surface area contributed by atoms with E-state index in [4.69, 9.17) is 14.6 Å². The summed E-state index contributed by atoms with van der Waals surface area (Å²) in [4.78, 5) is 12.3. The van der Waals surface area contributed by atoms with Crippen molar-refractivity contribution in [3.63, 3.8) is 0 Å². The molecule has 2 N–H and O–H groups in total. The lowest BCUT2D eigenvalue weighted by Crippen LogP contribution is -2.13. The molecule has 0 heterocycles. The monoisotopic (exact) mass is 369 g/mol. The Balaban J connectivity index is 2.03. The van der Waals surface area contributed by atoms with Gasteiger partial charge in [-0.3, -0.25) is 4.79 Å². The Morgan fingerprint density at radius 3 is 2.33 bits per heavy atom. The van der Waals surface area contributed by atoms with Gasteiger partial charge in [-0.25, -0.2) is 0 Å². The number of hydrogen-bond acceptors (Lipinski definition) is 4. The van der Waals surface area contributed by atoms with Crippen molar-refractivity contribution in [2.45, 2.75) is 19.4 Å². The molecule has 0 unspecified atom stereocenters. The number of nitrogens with one attached hydrogen (secondary N) is 1. The van der Waals surface area contributed by atoms with Crippen LogP contribution in [0.25, 0.3) is 0 Å². The topological polar surface area (TPSA) is 67.8 Å². The zero-order chi connectivity index (χ0) is 19.6. The smallest absolute Gasteiger partial charge is 0.255 e. The first-order valence-corrected chi connectivity index (χ1v) is 8.94. The molecule has 2 aromatic rings. The zero-order valence-electron chi connectivity index (χ0n) is 16.0. The minimum Gasteiger partial charge on any atom is -0.497 e. The third-order valence-electron chi connectivity index (χ3n) is 4.32. The van der Waals surface area contributed by atoms with Crippen molar-refractivity contribution in [2.24, 2.45) is 5.92 Å². The maximum atomic E-state index is 12.3. The Morgan fingerprint density at radius 1 is 1.11 bits per heavy atom. The second-order valence-electron chi connectivity index (χ2n) is 6.26. The van der Waals surface area contributed by atoms with E-state index in [2.05, 4.69) is 12.2 Å². The van der Waals surface area contributed by atoms with Gasteiger partial charge in [0.15, 0.2) is 0 Å². The molecule has 0 aliphatic rings. The number of carbonyl (C=O) groups excluding carboxylic acids is 1. The number of ether oxygens (including phenoxy) is 2. The molecule has 0 fully saturated rings. The summed E-state index contributed by atoms with van der Waals surface area (Å²) < 4.78 is 10.7. The van der Waals surface area contributed by atoms with Crippen LogP contribution in [0.1, 0.15) is 35.4 Å². The molecule has 0 saturated carbocycles. The maximum absolute atomic E-state index is 12.3. The number of aliphatic hydroxyl groups is 1. The van der Waals surface area contributed by atoms with Crippen molar-refractivity contribution in [3.8, 4) is 5.75 Å². The summed E-state index contributed by atoms with van der Waals surface area (Å²) in [5.74, 6) is 0.707. The summed E-state index contributed by atoms with van der Waals surface area (Å²) in [5.41, 5.74) is 2.32. The molecule has 0 saturated heterocycles. The first-order valence-electron chi connectivity index (χ1n) is 8.94. The largest absolute Gasteiger partial charge is 0.497 e. The van der Waals surface area contributed by atoms with Gasteiger partial charge < -0.3 is 19.9 Å². The molecule has 0 aliphatic carbocycles. The molecule has 0 bridgehead atoms. The highest BCUT2D eigenvalue weighted by molar-refractivity contribution is 6.04. The van der Waals surface area contributed by atoms with Gasteiger partial charge in [0.05, 0.1) is 13.2 Å². The molecular formula is C22H27NO4. The minimum absolute atomic E-state index is 0.0914. The Bertz CT molecular complexity index is 738. The van der Waals surface area contributed by atoms with Crippen molar-refractivity contribution in [3.05, 3.63) is 71.8 Å². The van der Waals surface area contributed by atoms with Crippen molar-refractivity contribution >= 4 is 11.6 Å². The molecule has 0 aromatic heterocycles. The first-order chi connectivity index (χ1) is 13.1. The number of anilines is 1. The summed E-state index contributed by atoms with van der Waals surface area (Å²) in [6, 6.07) is 14.6. The standard InChI is InChI=1S/C22H27NO4/c1-16(6-4-5-15-24)21(27-3)17-7-11-19(12-8-17)23-22(25)18-9-13-20(26-2)14-10-18/h4,6-14,16,21,24H,5,15H2,1-3H3,(H,23,25)/b6-4+/t16-,21+/m0/s1. The van der Waals surface area contributed by atoms with E-state index in [1.165, 1.54) is 0 Å². The minimum atomic E-state index is -0.172. The third-order valence-corrected chi connectivity index (χ3v) is 4.32. The predicted octanol–water partition coefficient (Wildman–Crippen LogP) is 4.21. The van der Waals surface area contributed by atoms with E-state index < -0.39 is 0 Å². The summed E-state index contributed by atoms with van der Waals surface area (Å²) in [7, 11) is 3.27. The van der Waals surface area contributed by atoms with Crippen LogP contribution in [0, 0.1) is 5.92 Å². The second kappa shape index (κ2) is 10.5. The summed E-state index contributed by atoms with van der Waals surface area (Å²) in [6.07, 6.45) is 4.55. The Labute approximate surface area is 160 Å². The van der Waals surface area contributed by atoms with Gasteiger partial charge in [-0.1, -0.05) is 31.2 Å². The van der Waals surface area contributed by atoms with Gasteiger partial charge in [-0.15, -0.1) is 0 Å². The van der Waals surface area contributed by atoms with Gasteiger partial charge in [-0.2, -0.15) is 0 Å². The lowest BCUT2D eigenvalue weighted by molar-refractivity contribution is 0.0740. The average Bonchev–Trinajstić information content (AvgIpc) is 2.70. The molecule has 5 nitrogen and oxygen atoms in total. The number of rotatable bonds is 9. The van der Waals surface area contributed by atoms with Crippen LogP contribution in [0.4, 0.5) is 5.69 Å². The van der Waals surface area contributed by atoms with E-state index in [-0.39, 0.29) is 24.5 Å². The van der Waals surface area contributed by atoms with Gasteiger partial charge >= 0.3 is 0 Å². The number of methoxy groups -OCH3 is 2. The summed E-state index contributed by atoms with van der Waals surface area (Å²) in [6.45, 7) is 2.21. The molecule has 0 spiro atoms. The fraction of sp³-hybridized carbons (Fsp3) is 0.318. The summed E-state index contributed by atoms with van der Waals surface area (Å²) >= 11 is 0. The van der Waals surface area contributed by atoms with E-state index >= 15 is 0 Å². The van der Waals surface area contributed by atoms with Gasteiger partial charge in [0.1, 0.15) is 5.75 Å². The van der Waals surface area contributed by atoms with E-state index in [0.717, 1.165) is 11.3 Å². The molecule has 0 radical (unpaired) electrons. The van der Waals surface area contributed by atoms with Crippen molar-refractivity contribution in [1.29, 1.82) is 0 Å². The predicted molar refractivity (Wildman–Crippen MR) is 107 cm³/mol. The SMILES string of the molecule is COc1ccc(C(=O)Nc2ccc([C@H](OC)[C@@H](C)/C=C/CCO)cc2)cc1. The van der Waals surface area contributed by atoms with Crippen LogP contribution in [0.5, 0.6) is 5.75 Å². The highest BCUT2D eigenvalue weighted by Gasteiger charge is 2.16. The fourth-order valence-electron chi connectivity index (χ4n) is 2.84. The summed E-state index contributed by atoms with van der Waals surface area (Å²) in [5, 5.41) is 11.8. The molecule has 2 rings (SSSR count). The number of aliphatic hydroxyl groups excluding tert-OH is 1. The van der Waals surface area contributed by atoms with Crippen LogP contribution in [-0.2, 0) is 4.74 Å². The van der Waals surface area contributed by atoms with Crippen LogP contribution in [0.2, 0.25) is 0 Å². The first kappa shape index (κ1) is 20.7. The van der Waals surface area contributed by atoms with Crippen LogP contribution < -0.4 is 10.1 Å². The Kier molecular flexibility index (Phi) is 8.04. The van der Waals surface area contributed by atoms with E-state index in [1.807, 2.05) is 36.4 Å². The van der Waals surface area contributed by atoms with E-state index in [9.17, 15) is 4.79 Å². The number of hydrogen-bond donors (Lipinski definition) is 2. The van der Waals surface area contributed by atoms with Gasteiger partial charge in [0.25, 0.3) is 5.91 Å². The fourth-order valence-corrected chi connectivity index (χ4v) is 2.84. The highest BCUT2D eigenvalue weighted by Crippen LogP contribution is 2.27. The number of benzene rings is 2. The quantitative estimate of drug-likeness (QED) is 0.650. The molecule has 144 valence electrons. The van der Waals surface area contributed by atoms with Crippen LogP contribution in [0.3, 0.4) is 0 Å². The number of amides is 1.